The fourth-order valence-corrected chi connectivity index (χ4v) is 3.45. The molecule has 0 bridgehead atoms. The highest BCUT2D eigenvalue weighted by molar-refractivity contribution is 9.10. The molecule has 1 saturated heterocycles. The molecule has 20 heavy (non-hydrogen) atoms. The smallest absolute Gasteiger partial charge is 0.0544 e. The van der Waals surface area contributed by atoms with Crippen LogP contribution < -0.4 is 5.32 Å². The molecule has 1 N–H and O–H groups in total. The Hall–Kier alpha value is -0.450. The summed E-state index contributed by atoms with van der Waals surface area (Å²) in [7, 11) is 0. The first-order chi connectivity index (χ1) is 9.63. The van der Waals surface area contributed by atoms with Gasteiger partial charge in [-0.1, -0.05) is 13.8 Å². The minimum Gasteiger partial charge on any atom is -0.311 e. The highest BCUT2D eigenvalue weighted by Gasteiger charge is 2.37. The molecular weight excluding hydrogens is 314 g/mol. The average molecular weight is 338 g/mol. The van der Waals surface area contributed by atoms with Gasteiger partial charge in [0.05, 0.1) is 5.69 Å². The highest BCUT2D eigenvalue weighted by atomic mass is 79.9. The predicted octanol–water partition coefficient (Wildman–Crippen LogP) is 3.05. The van der Waals surface area contributed by atoms with Crippen molar-refractivity contribution in [2.45, 2.75) is 45.3 Å². The molecule has 1 aliphatic heterocycles. The molecule has 2 fully saturated rings. The fraction of sp³-hybridized carbons (Fsp3) is 0.688. The Morgan fingerprint density at radius 2 is 2.20 bits per heavy atom. The predicted molar refractivity (Wildman–Crippen MR) is 85.5 cm³/mol. The molecule has 1 saturated carbocycles. The summed E-state index contributed by atoms with van der Waals surface area (Å²) < 4.78 is 1.05. The van der Waals surface area contributed by atoms with Crippen molar-refractivity contribution in [1.29, 1.82) is 0 Å². The second kappa shape index (κ2) is 6.12. The lowest BCUT2D eigenvalue weighted by atomic mass is 9.96. The zero-order chi connectivity index (χ0) is 14.1. The van der Waals surface area contributed by atoms with E-state index in [-0.39, 0.29) is 0 Å². The first kappa shape index (κ1) is 14.5. The maximum Gasteiger partial charge on any atom is 0.0544 e. The number of aromatic nitrogens is 1. The van der Waals surface area contributed by atoms with E-state index >= 15 is 0 Å². The van der Waals surface area contributed by atoms with Gasteiger partial charge in [-0.15, -0.1) is 0 Å². The van der Waals surface area contributed by atoms with Gasteiger partial charge in [-0.3, -0.25) is 9.88 Å². The molecule has 2 heterocycles. The van der Waals surface area contributed by atoms with Crippen LogP contribution >= 0.6 is 15.9 Å². The zero-order valence-electron chi connectivity index (χ0n) is 12.3. The van der Waals surface area contributed by atoms with E-state index in [9.17, 15) is 0 Å². The van der Waals surface area contributed by atoms with Crippen molar-refractivity contribution in [3.05, 3.63) is 28.5 Å². The number of hydrogen-bond donors (Lipinski definition) is 1. The van der Waals surface area contributed by atoms with Crippen LogP contribution in [0.3, 0.4) is 0 Å². The molecule has 2 aliphatic rings. The molecule has 3 rings (SSSR count). The van der Waals surface area contributed by atoms with Crippen LogP contribution in [0.4, 0.5) is 0 Å². The zero-order valence-corrected chi connectivity index (χ0v) is 13.9. The summed E-state index contributed by atoms with van der Waals surface area (Å²) in [6, 6.07) is 5.54. The Labute approximate surface area is 130 Å². The molecule has 3 nitrogen and oxygen atoms in total. The van der Waals surface area contributed by atoms with Crippen LogP contribution in [0.15, 0.2) is 22.8 Å². The number of halogens is 1. The molecule has 4 heteroatoms. The molecule has 0 amide bonds. The average Bonchev–Trinajstić information content (AvgIpc) is 3.25. The van der Waals surface area contributed by atoms with Crippen molar-refractivity contribution in [1.82, 2.24) is 15.2 Å². The Morgan fingerprint density at radius 3 is 2.80 bits per heavy atom. The van der Waals surface area contributed by atoms with E-state index < -0.39 is 0 Å². The summed E-state index contributed by atoms with van der Waals surface area (Å²) in [5.41, 5.74) is 1.18. The fourth-order valence-electron chi connectivity index (χ4n) is 3.22. The van der Waals surface area contributed by atoms with Gasteiger partial charge in [-0.2, -0.15) is 0 Å². The van der Waals surface area contributed by atoms with E-state index in [2.05, 4.69) is 57.1 Å². The van der Waals surface area contributed by atoms with Gasteiger partial charge in [-0.25, -0.2) is 0 Å². The van der Waals surface area contributed by atoms with Gasteiger partial charge in [0.2, 0.25) is 0 Å². The Balaban J connectivity index is 1.69. The van der Waals surface area contributed by atoms with Gasteiger partial charge < -0.3 is 5.32 Å². The van der Waals surface area contributed by atoms with Gasteiger partial charge >= 0.3 is 0 Å². The van der Waals surface area contributed by atoms with Gasteiger partial charge in [0.15, 0.2) is 0 Å². The molecule has 1 aromatic heterocycles. The summed E-state index contributed by atoms with van der Waals surface area (Å²) >= 11 is 3.46. The van der Waals surface area contributed by atoms with Gasteiger partial charge in [-0.05, 0) is 52.7 Å². The topological polar surface area (TPSA) is 28.2 Å². The summed E-state index contributed by atoms with van der Waals surface area (Å²) in [5, 5.41) is 3.77. The third-order valence-electron chi connectivity index (χ3n) is 4.60. The normalized spacial score (nSPS) is 28.0. The maximum absolute atomic E-state index is 4.54. The van der Waals surface area contributed by atoms with Crippen LogP contribution in [0.25, 0.3) is 0 Å². The number of nitrogens with one attached hydrogen (secondary N) is 1. The van der Waals surface area contributed by atoms with Crippen molar-refractivity contribution in [2.24, 2.45) is 11.8 Å². The number of piperazine rings is 1. The minimum absolute atomic E-state index is 0.621. The van der Waals surface area contributed by atoms with Crippen molar-refractivity contribution >= 4 is 15.9 Å². The van der Waals surface area contributed by atoms with Crippen LogP contribution in [-0.2, 0) is 6.54 Å². The summed E-state index contributed by atoms with van der Waals surface area (Å²) in [6.07, 6.45) is 4.73. The van der Waals surface area contributed by atoms with E-state index in [0.29, 0.717) is 18.0 Å². The lowest BCUT2D eigenvalue weighted by Crippen LogP contribution is -2.58. The van der Waals surface area contributed by atoms with Crippen LogP contribution in [0, 0.1) is 11.8 Å². The summed E-state index contributed by atoms with van der Waals surface area (Å²) in [5.74, 6) is 1.60. The molecule has 0 radical (unpaired) electrons. The number of hydrogen-bond acceptors (Lipinski definition) is 3. The molecule has 1 aromatic rings. The number of rotatable bonds is 4. The summed E-state index contributed by atoms with van der Waals surface area (Å²) in [6.45, 7) is 7.92. The Morgan fingerprint density at radius 1 is 1.40 bits per heavy atom. The first-order valence-corrected chi connectivity index (χ1v) is 8.50. The van der Waals surface area contributed by atoms with Gasteiger partial charge in [0.25, 0.3) is 0 Å². The van der Waals surface area contributed by atoms with Crippen molar-refractivity contribution in [3.8, 4) is 0 Å². The van der Waals surface area contributed by atoms with E-state index in [4.69, 9.17) is 0 Å². The van der Waals surface area contributed by atoms with E-state index in [1.54, 1.807) is 0 Å². The molecule has 0 spiro atoms. The Kier molecular flexibility index (Phi) is 4.43. The van der Waals surface area contributed by atoms with Gasteiger partial charge in [0, 0.05) is 42.4 Å². The van der Waals surface area contributed by atoms with E-state index in [1.807, 2.05) is 6.20 Å². The third kappa shape index (κ3) is 3.41. The van der Waals surface area contributed by atoms with Gasteiger partial charge in [0.1, 0.15) is 0 Å². The van der Waals surface area contributed by atoms with E-state index in [1.165, 1.54) is 25.1 Å². The van der Waals surface area contributed by atoms with Crippen LogP contribution in [-0.4, -0.2) is 35.1 Å². The second-order valence-corrected chi connectivity index (χ2v) is 7.48. The van der Waals surface area contributed by atoms with Crippen molar-refractivity contribution in [3.63, 3.8) is 0 Å². The van der Waals surface area contributed by atoms with E-state index in [0.717, 1.165) is 23.5 Å². The molecule has 0 aromatic carbocycles. The maximum atomic E-state index is 4.54. The molecule has 2 unspecified atom stereocenters. The Bertz CT molecular complexity index is 442. The third-order valence-corrected chi connectivity index (χ3v) is 5.07. The largest absolute Gasteiger partial charge is 0.311 e. The van der Waals surface area contributed by atoms with Crippen molar-refractivity contribution < 1.29 is 0 Å². The minimum atomic E-state index is 0.621. The summed E-state index contributed by atoms with van der Waals surface area (Å²) in [4.78, 5) is 7.18. The van der Waals surface area contributed by atoms with Crippen molar-refractivity contribution in [2.75, 3.05) is 13.1 Å². The van der Waals surface area contributed by atoms with Crippen LogP contribution in [0.2, 0.25) is 0 Å². The standard InChI is InChI=1S/C16H24BrN3/c1-11(2)16-8-19-15(12-3-4-12)10-20(16)9-14-6-5-13(17)7-18-14/h5-7,11-12,15-16,19H,3-4,8-10H2,1-2H3. The lowest BCUT2D eigenvalue weighted by Gasteiger charge is -2.42. The monoisotopic (exact) mass is 337 g/mol. The quantitative estimate of drug-likeness (QED) is 0.915. The van der Waals surface area contributed by atoms with Crippen LogP contribution in [0.1, 0.15) is 32.4 Å². The second-order valence-electron chi connectivity index (χ2n) is 6.56. The lowest BCUT2D eigenvalue weighted by molar-refractivity contribution is 0.0840. The molecular formula is C16H24BrN3. The number of pyridine rings is 1. The molecule has 1 aliphatic carbocycles. The number of nitrogens with zero attached hydrogens (tertiary/aromatic N) is 2. The molecule has 2 atom stereocenters. The molecule has 110 valence electrons. The van der Waals surface area contributed by atoms with Crippen LogP contribution in [0.5, 0.6) is 0 Å². The SMILES string of the molecule is CC(C)C1CNC(C2CC2)CN1Cc1ccc(Br)cn1. The highest BCUT2D eigenvalue weighted by Crippen LogP contribution is 2.35. The first-order valence-electron chi connectivity index (χ1n) is 7.71.